The Morgan fingerprint density at radius 1 is 1.22 bits per heavy atom. The Bertz CT molecular complexity index is 345. The zero-order chi connectivity index (χ0) is 13.3. The Morgan fingerprint density at radius 3 is 2.56 bits per heavy atom. The van der Waals surface area contributed by atoms with Gasteiger partial charge in [-0.1, -0.05) is 6.92 Å². The molecule has 2 fully saturated rings. The highest BCUT2D eigenvalue weighted by molar-refractivity contribution is 5.88. The molecule has 1 aliphatic carbocycles. The molecule has 2 rings (SSSR count). The van der Waals surface area contributed by atoms with Crippen molar-refractivity contribution in [3.05, 3.63) is 0 Å². The second-order valence-electron chi connectivity index (χ2n) is 5.74. The number of carbonyl (C=O) groups excluding carboxylic acids is 2. The first kappa shape index (κ1) is 13.3. The van der Waals surface area contributed by atoms with Gasteiger partial charge in [0.15, 0.2) is 0 Å². The Kier molecular flexibility index (Phi) is 3.90. The van der Waals surface area contributed by atoms with Crippen LogP contribution >= 0.6 is 0 Å². The Hall–Kier alpha value is -1.10. The van der Waals surface area contributed by atoms with Gasteiger partial charge in [0.05, 0.1) is 0 Å². The highest BCUT2D eigenvalue weighted by Crippen LogP contribution is 2.31. The van der Waals surface area contributed by atoms with E-state index in [1.54, 1.807) is 4.90 Å². The van der Waals surface area contributed by atoms with Crippen LogP contribution in [0.2, 0.25) is 0 Å². The maximum absolute atomic E-state index is 12.4. The molecule has 4 N–H and O–H groups in total. The molecule has 0 aromatic heterocycles. The molecular weight excluding hydrogens is 230 g/mol. The molecule has 5 nitrogen and oxygen atoms in total. The van der Waals surface area contributed by atoms with Crippen molar-refractivity contribution >= 4 is 11.8 Å². The van der Waals surface area contributed by atoms with Crippen LogP contribution in [0.25, 0.3) is 0 Å². The average Bonchev–Trinajstić information content (AvgIpc) is 2.81. The van der Waals surface area contributed by atoms with Crippen molar-refractivity contribution in [2.45, 2.75) is 51.1 Å². The summed E-state index contributed by atoms with van der Waals surface area (Å²) in [6.45, 7) is 2.77. The van der Waals surface area contributed by atoms with Gasteiger partial charge in [-0.25, -0.2) is 0 Å². The van der Waals surface area contributed by atoms with E-state index in [0.29, 0.717) is 18.9 Å². The summed E-state index contributed by atoms with van der Waals surface area (Å²) in [5.74, 6) is 0.138. The maximum atomic E-state index is 12.4. The molecule has 18 heavy (non-hydrogen) atoms. The fourth-order valence-electron chi connectivity index (χ4n) is 3.20. The van der Waals surface area contributed by atoms with Crippen LogP contribution in [-0.2, 0) is 9.59 Å². The molecule has 5 heteroatoms. The molecule has 2 amide bonds. The van der Waals surface area contributed by atoms with Gasteiger partial charge in [-0.3, -0.25) is 9.59 Å². The minimum Gasteiger partial charge on any atom is -0.368 e. The molecule has 1 saturated heterocycles. The average molecular weight is 253 g/mol. The molecule has 1 saturated carbocycles. The lowest BCUT2D eigenvalue weighted by atomic mass is 9.78. The predicted molar refractivity (Wildman–Crippen MR) is 68.4 cm³/mol. The van der Waals surface area contributed by atoms with Crippen molar-refractivity contribution < 1.29 is 9.59 Å². The predicted octanol–water partition coefficient (Wildman–Crippen LogP) is 0.226. The minimum absolute atomic E-state index is 0.0275. The maximum Gasteiger partial charge on any atom is 0.240 e. The largest absolute Gasteiger partial charge is 0.368 e. The smallest absolute Gasteiger partial charge is 0.240 e. The molecule has 0 radical (unpaired) electrons. The van der Waals surface area contributed by atoms with Gasteiger partial charge in [0.1, 0.15) is 6.04 Å². The second kappa shape index (κ2) is 5.26. The number of amides is 2. The van der Waals surface area contributed by atoms with Crippen molar-refractivity contribution in [3.8, 4) is 0 Å². The zero-order valence-corrected chi connectivity index (χ0v) is 11.0. The van der Waals surface area contributed by atoms with E-state index in [1.807, 2.05) is 0 Å². The summed E-state index contributed by atoms with van der Waals surface area (Å²) in [7, 11) is 0. The van der Waals surface area contributed by atoms with Crippen molar-refractivity contribution in [2.24, 2.45) is 23.3 Å². The number of hydrogen-bond acceptors (Lipinski definition) is 3. The lowest BCUT2D eigenvalue weighted by molar-refractivity contribution is -0.142. The van der Waals surface area contributed by atoms with Crippen LogP contribution in [0, 0.1) is 11.8 Å². The molecule has 1 aliphatic heterocycles. The van der Waals surface area contributed by atoms with E-state index in [9.17, 15) is 9.59 Å². The first-order valence-corrected chi connectivity index (χ1v) is 6.86. The van der Waals surface area contributed by atoms with Crippen LogP contribution in [0.3, 0.4) is 0 Å². The standard InChI is InChI=1S/C13H23N3O2/c1-8-7-9(4-5-10(8)14)13(18)16-6-2-3-11(16)12(15)17/h8-11H,2-7,14H2,1H3,(H2,15,17). The summed E-state index contributed by atoms with van der Waals surface area (Å²) < 4.78 is 0. The van der Waals surface area contributed by atoms with Crippen LogP contribution in [0.1, 0.15) is 39.0 Å². The van der Waals surface area contributed by atoms with Gasteiger partial charge in [-0.05, 0) is 38.0 Å². The van der Waals surface area contributed by atoms with E-state index in [0.717, 1.165) is 25.7 Å². The van der Waals surface area contributed by atoms with E-state index in [1.165, 1.54) is 0 Å². The summed E-state index contributed by atoms with van der Waals surface area (Å²) in [6.07, 6.45) is 4.16. The number of nitrogens with zero attached hydrogens (tertiary/aromatic N) is 1. The SMILES string of the molecule is CC1CC(C(=O)N2CCCC2C(N)=O)CCC1N. The zero-order valence-electron chi connectivity index (χ0n) is 11.0. The second-order valence-corrected chi connectivity index (χ2v) is 5.74. The van der Waals surface area contributed by atoms with Crippen molar-refractivity contribution in [2.75, 3.05) is 6.54 Å². The molecule has 0 aromatic rings. The molecule has 1 heterocycles. The Balaban J connectivity index is 2.01. The fourth-order valence-corrected chi connectivity index (χ4v) is 3.20. The monoisotopic (exact) mass is 253 g/mol. The van der Waals surface area contributed by atoms with Gasteiger partial charge in [-0.2, -0.15) is 0 Å². The third-order valence-electron chi connectivity index (χ3n) is 4.45. The first-order chi connectivity index (χ1) is 8.50. The Labute approximate surface area is 108 Å². The number of hydrogen-bond donors (Lipinski definition) is 2. The van der Waals surface area contributed by atoms with Crippen LogP contribution in [-0.4, -0.2) is 35.3 Å². The highest BCUT2D eigenvalue weighted by Gasteiger charge is 2.38. The van der Waals surface area contributed by atoms with Gasteiger partial charge < -0.3 is 16.4 Å². The van der Waals surface area contributed by atoms with Crippen molar-refractivity contribution in [3.63, 3.8) is 0 Å². The summed E-state index contributed by atoms with van der Waals surface area (Å²) in [5.41, 5.74) is 11.3. The molecule has 102 valence electrons. The molecule has 0 spiro atoms. The summed E-state index contributed by atoms with van der Waals surface area (Å²) in [5, 5.41) is 0. The third kappa shape index (κ3) is 2.51. The summed E-state index contributed by atoms with van der Waals surface area (Å²) in [6, 6.07) is -0.178. The lowest BCUT2D eigenvalue weighted by Gasteiger charge is -2.34. The highest BCUT2D eigenvalue weighted by atomic mass is 16.2. The van der Waals surface area contributed by atoms with Crippen LogP contribution in [0.15, 0.2) is 0 Å². The van der Waals surface area contributed by atoms with E-state index in [-0.39, 0.29) is 29.8 Å². The minimum atomic E-state index is -0.386. The van der Waals surface area contributed by atoms with E-state index < -0.39 is 0 Å². The summed E-state index contributed by atoms with van der Waals surface area (Å²) >= 11 is 0. The summed E-state index contributed by atoms with van der Waals surface area (Å²) in [4.78, 5) is 25.5. The quantitative estimate of drug-likeness (QED) is 0.738. The van der Waals surface area contributed by atoms with Crippen LogP contribution in [0.5, 0.6) is 0 Å². The topological polar surface area (TPSA) is 89.4 Å². The normalized spacial score (nSPS) is 36.7. The number of primary amides is 1. The first-order valence-electron chi connectivity index (χ1n) is 6.86. The van der Waals surface area contributed by atoms with Gasteiger partial charge >= 0.3 is 0 Å². The number of nitrogens with two attached hydrogens (primary N) is 2. The molecule has 0 bridgehead atoms. The van der Waals surface area contributed by atoms with Gasteiger partial charge in [0.25, 0.3) is 0 Å². The fraction of sp³-hybridized carbons (Fsp3) is 0.846. The van der Waals surface area contributed by atoms with E-state index >= 15 is 0 Å². The van der Waals surface area contributed by atoms with Gasteiger partial charge in [-0.15, -0.1) is 0 Å². The molecule has 4 unspecified atom stereocenters. The van der Waals surface area contributed by atoms with E-state index in [2.05, 4.69) is 6.92 Å². The number of carbonyl (C=O) groups is 2. The molecular formula is C13H23N3O2. The Morgan fingerprint density at radius 2 is 1.94 bits per heavy atom. The number of likely N-dealkylation sites (tertiary alicyclic amines) is 1. The van der Waals surface area contributed by atoms with Crippen molar-refractivity contribution in [1.82, 2.24) is 4.90 Å². The molecule has 2 aliphatic rings. The molecule has 0 aromatic carbocycles. The van der Waals surface area contributed by atoms with E-state index in [4.69, 9.17) is 11.5 Å². The van der Waals surface area contributed by atoms with Gasteiger partial charge in [0.2, 0.25) is 11.8 Å². The third-order valence-corrected chi connectivity index (χ3v) is 4.45. The van der Waals surface area contributed by atoms with Crippen molar-refractivity contribution in [1.29, 1.82) is 0 Å². The van der Waals surface area contributed by atoms with Crippen LogP contribution < -0.4 is 11.5 Å². The lowest BCUT2D eigenvalue weighted by Crippen LogP contribution is -2.48. The molecule has 4 atom stereocenters. The number of rotatable bonds is 2. The van der Waals surface area contributed by atoms with Gasteiger partial charge in [0, 0.05) is 18.5 Å². The van der Waals surface area contributed by atoms with Crippen LogP contribution in [0.4, 0.5) is 0 Å².